The molecule has 2 aromatic rings. The molecule has 0 saturated heterocycles. The van der Waals surface area contributed by atoms with Crippen LogP contribution in [0.3, 0.4) is 0 Å². The van der Waals surface area contributed by atoms with Crippen LogP contribution in [-0.2, 0) is 20.9 Å². The number of amides is 1. The number of nitrogens with one attached hydrogen (secondary N) is 1. The Morgan fingerprint density at radius 2 is 2.09 bits per heavy atom. The Kier molecular flexibility index (Phi) is 5.85. The van der Waals surface area contributed by atoms with Gasteiger partial charge in [-0.25, -0.2) is 0 Å². The Hall–Kier alpha value is -2.70. The number of carbonyl (C=O) groups excluding carboxylic acids is 2. The van der Waals surface area contributed by atoms with E-state index in [1.54, 1.807) is 31.2 Å². The minimum absolute atomic E-state index is 0.0141. The number of hydrogen-bond acceptors (Lipinski definition) is 5. The van der Waals surface area contributed by atoms with E-state index in [-0.39, 0.29) is 30.3 Å². The molecule has 0 fully saturated rings. The molecule has 2 rings (SSSR count). The lowest BCUT2D eigenvalue weighted by Crippen LogP contribution is -2.30. The summed E-state index contributed by atoms with van der Waals surface area (Å²) in [4.78, 5) is 34.8. The van der Waals surface area contributed by atoms with Gasteiger partial charge in [-0.2, -0.15) is 5.10 Å². The summed E-state index contributed by atoms with van der Waals surface area (Å²) in [5, 5.41) is 7.24. The van der Waals surface area contributed by atoms with E-state index in [1.165, 1.54) is 10.9 Å². The summed E-state index contributed by atoms with van der Waals surface area (Å²) in [7, 11) is 0. The molecule has 0 aliphatic rings. The predicted octanol–water partition coefficient (Wildman–Crippen LogP) is 0.856. The molecule has 0 saturated carbocycles. The molecule has 7 nitrogen and oxygen atoms in total. The lowest BCUT2D eigenvalue weighted by Gasteiger charge is -2.09. The topological polar surface area (TPSA) is 90.3 Å². The molecule has 0 radical (unpaired) electrons. The molecule has 1 amide bonds. The van der Waals surface area contributed by atoms with Crippen molar-refractivity contribution in [2.24, 2.45) is 0 Å². The highest BCUT2D eigenvalue weighted by Crippen LogP contribution is 2.07. The Morgan fingerprint density at radius 3 is 2.87 bits per heavy atom. The number of benzene rings is 1. The molecule has 0 unspecified atom stereocenters. The zero-order valence-electron chi connectivity index (χ0n) is 12.9. The SMILES string of the molecule is CCOC(=O)CCCNC(=O)Cn1ncc(=O)c2ccccc21. The molecule has 1 heterocycles. The van der Waals surface area contributed by atoms with E-state index in [0.717, 1.165) is 0 Å². The van der Waals surface area contributed by atoms with Crippen molar-refractivity contribution >= 4 is 22.8 Å². The summed E-state index contributed by atoms with van der Waals surface area (Å²) in [5.41, 5.74) is 0.438. The molecule has 122 valence electrons. The fraction of sp³-hybridized carbons (Fsp3) is 0.375. The third-order valence-corrected chi connectivity index (χ3v) is 3.24. The second-order valence-electron chi connectivity index (χ2n) is 4.94. The molecule has 23 heavy (non-hydrogen) atoms. The fourth-order valence-electron chi connectivity index (χ4n) is 2.17. The highest BCUT2D eigenvalue weighted by Gasteiger charge is 2.08. The van der Waals surface area contributed by atoms with Crippen LogP contribution in [0.5, 0.6) is 0 Å². The van der Waals surface area contributed by atoms with Crippen molar-refractivity contribution in [3.05, 3.63) is 40.7 Å². The van der Waals surface area contributed by atoms with E-state index in [2.05, 4.69) is 10.4 Å². The van der Waals surface area contributed by atoms with Crippen molar-refractivity contribution in [1.29, 1.82) is 0 Å². The second-order valence-corrected chi connectivity index (χ2v) is 4.94. The summed E-state index contributed by atoms with van der Waals surface area (Å²) >= 11 is 0. The van der Waals surface area contributed by atoms with Crippen LogP contribution in [0.1, 0.15) is 19.8 Å². The zero-order chi connectivity index (χ0) is 16.7. The smallest absolute Gasteiger partial charge is 0.305 e. The van der Waals surface area contributed by atoms with Gasteiger partial charge < -0.3 is 10.1 Å². The van der Waals surface area contributed by atoms with Gasteiger partial charge in [0.15, 0.2) is 0 Å². The number of ether oxygens (including phenoxy) is 1. The monoisotopic (exact) mass is 317 g/mol. The Balaban J connectivity index is 1.90. The number of aromatic nitrogens is 2. The normalized spacial score (nSPS) is 10.5. The van der Waals surface area contributed by atoms with Crippen LogP contribution in [0.15, 0.2) is 35.3 Å². The molecular formula is C16H19N3O4. The molecular weight excluding hydrogens is 298 g/mol. The predicted molar refractivity (Wildman–Crippen MR) is 84.9 cm³/mol. The van der Waals surface area contributed by atoms with E-state index in [9.17, 15) is 14.4 Å². The van der Waals surface area contributed by atoms with E-state index in [1.807, 2.05) is 0 Å². The zero-order valence-corrected chi connectivity index (χ0v) is 12.9. The Labute approximate surface area is 133 Å². The van der Waals surface area contributed by atoms with Crippen LogP contribution in [0.4, 0.5) is 0 Å². The largest absolute Gasteiger partial charge is 0.466 e. The first-order valence-corrected chi connectivity index (χ1v) is 7.49. The standard InChI is InChI=1S/C16H19N3O4/c1-2-23-16(22)8-5-9-17-15(21)11-19-13-7-4-3-6-12(13)14(20)10-18-19/h3-4,6-7,10H,2,5,8-9,11H2,1H3,(H,17,21). The van der Waals surface area contributed by atoms with Gasteiger partial charge in [-0.05, 0) is 25.5 Å². The minimum Gasteiger partial charge on any atom is -0.466 e. The van der Waals surface area contributed by atoms with Gasteiger partial charge in [-0.15, -0.1) is 0 Å². The lowest BCUT2D eigenvalue weighted by molar-refractivity contribution is -0.143. The van der Waals surface area contributed by atoms with Gasteiger partial charge in [0.25, 0.3) is 0 Å². The number of fused-ring (bicyclic) bond motifs is 1. The van der Waals surface area contributed by atoms with E-state index >= 15 is 0 Å². The fourth-order valence-corrected chi connectivity index (χ4v) is 2.17. The third kappa shape index (κ3) is 4.64. The minimum atomic E-state index is -0.269. The maximum absolute atomic E-state index is 11.9. The molecule has 0 bridgehead atoms. The van der Waals surface area contributed by atoms with Crippen LogP contribution >= 0.6 is 0 Å². The van der Waals surface area contributed by atoms with Crippen molar-refractivity contribution in [3.8, 4) is 0 Å². The van der Waals surface area contributed by atoms with Crippen molar-refractivity contribution in [3.63, 3.8) is 0 Å². The average molecular weight is 317 g/mol. The number of hydrogen-bond donors (Lipinski definition) is 1. The van der Waals surface area contributed by atoms with Gasteiger partial charge >= 0.3 is 5.97 Å². The first kappa shape index (κ1) is 16.7. The summed E-state index contributed by atoms with van der Waals surface area (Å²) in [6.45, 7) is 2.51. The van der Waals surface area contributed by atoms with Crippen LogP contribution in [0.2, 0.25) is 0 Å². The summed E-state index contributed by atoms with van der Waals surface area (Å²) < 4.78 is 6.29. The molecule has 1 aromatic heterocycles. The van der Waals surface area contributed by atoms with Gasteiger partial charge in [0, 0.05) is 18.4 Å². The first-order chi connectivity index (χ1) is 11.1. The molecule has 7 heteroatoms. The molecule has 1 N–H and O–H groups in total. The van der Waals surface area contributed by atoms with Crippen molar-refractivity contribution in [1.82, 2.24) is 15.1 Å². The number of para-hydroxylation sites is 1. The maximum atomic E-state index is 11.9. The van der Waals surface area contributed by atoms with Crippen molar-refractivity contribution in [2.45, 2.75) is 26.3 Å². The highest BCUT2D eigenvalue weighted by molar-refractivity contribution is 5.81. The summed E-state index contributed by atoms with van der Waals surface area (Å²) in [6.07, 6.45) is 1.99. The van der Waals surface area contributed by atoms with Crippen molar-refractivity contribution < 1.29 is 14.3 Å². The van der Waals surface area contributed by atoms with Gasteiger partial charge in [-0.1, -0.05) is 12.1 Å². The first-order valence-electron chi connectivity index (χ1n) is 7.49. The van der Waals surface area contributed by atoms with Gasteiger partial charge in [0.05, 0.1) is 18.3 Å². The lowest BCUT2D eigenvalue weighted by atomic mass is 10.2. The van der Waals surface area contributed by atoms with Gasteiger partial charge in [0.2, 0.25) is 11.3 Å². The van der Waals surface area contributed by atoms with E-state index in [0.29, 0.717) is 30.5 Å². The molecule has 0 atom stereocenters. The number of carbonyl (C=O) groups is 2. The molecule has 0 spiro atoms. The maximum Gasteiger partial charge on any atom is 0.305 e. The van der Waals surface area contributed by atoms with Gasteiger partial charge in [0.1, 0.15) is 6.54 Å². The average Bonchev–Trinajstić information content (AvgIpc) is 2.55. The Bertz CT molecular complexity index is 754. The number of nitrogens with zero attached hydrogens (tertiary/aromatic N) is 2. The third-order valence-electron chi connectivity index (χ3n) is 3.24. The summed E-state index contributed by atoms with van der Waals surface area (Å²) in [6, 6.07) is 7.01. The van der Waals surface area contributed by atoms with Crippen LogP contribution < -0.4 is 10.7 Å². The second kappa shape index (κ2) is 8.07. The Morgan fingerprint density at radius 1 is 1.30 bits per heavy atom. The highest BCUT2D eigenvalue weighted by atomic mass is 16.5. The van der Waals surface area contributed by atoms with E-state index < -0.39 is 0 Å². The summed E-state index contributed by atoms with van der Waals surface area (Å²) in [5.74, 6) is -0.495. The quantitative estimate of drug-likeness (QED) is 0.604. The van der Waals surface area contributed by atoms with Crippen LogP contribution in [-0.4, -0.2) is 34.8 Å². The van der Waals surface area contributed by atoms with Crippen LogP contribution in [0, 0.1) is 0 Å². The molecule has 1 aromatic carbocycles. The molecule has 0 aliphatic carbocycles. The van der Waals surface area contributed by atoms with Gasteiger partial charge in [-0.3, -0.25) is 19.1 Å². The molecule has 0 aliphatic heterocycles. The van der Waals surface area contributed by atoms with Crippen LogP contribution in [0.25, 0.3) is 10.9 Å². The number of rotatable bonds is 7. The van der Waals surface area contributed by atoms with Crippen molar-refractivity contribution in [2.75, 3.05) is 13.2 Å². The van der Waals surface area contributed by atoms with E-state index in [4.69, 9.17) is 4.74 Å². The number of esters is 1.